The van der Waals surface area contributed by atoms with Crippen LogP contribution in [0.1, 0.15) is 47.5 Å². The summed E-state index contributed by atoms with van der Waals surface area (Å²) in [5, 5.41) is 3.08. The summed E-state index contributed by atoms with van der Waals surface area (Å²) >= 11 is 0. The first kappa shape index (κ1) is 22.1. The lowest BCUT2D eigenvalue weighted by molar-refractivity contribution is -0.121. The molecule has 0 unspecified atom stereocenters. The summed E-state index contributed by atoms with van der Waals surface area (Å²) in [5.41, 5.74) is 1.46. The third-order valence-corrected chi connectivity index (χ3v) is 6.72. The maximum atomic E-state index is 13.8. The number of carbonyl (C=O) groups excluding carboxylic acids is 2. The molecular weight excluding hydrogens is 408 g/mol. The molecule has 2 aromatic rings. The van der Waals surface area contributed by atoms with Crippen LogP contribution in [0.25, 0.3) is 0 Å². The van der Waals surface area contributed by atoms with Crippen LogP contribution in [0, 0.1) is 0 Å². The van der Waals surface area contributed by atoms with Gasteiger partial charge in [-0.05, 0) is 36.6 Å². The van der Waals surface area contributed by atoms with Gasteiger partial charge in [0.05, 0.1) is 32.3 Å². The molecule has 7 heteroatoms. The van der Waals surface area contributed by atoms with Crippen molar-refractivity contribution in [2.24, 2.45) is 0 Å². The minimum absolute atomic E-state index is 0.0188. The van der Waals surface area contributed by atoms with Crippen LogP contribution >= 0.6 is 0 Å². The maximum absolute atomic E-state index is 13.8. The molecule has 1 spiro atoms. The van der Waals surface area contributed by atoms with Crippen molar-refractivity contribution >= 4 is 17.5 Å². The lowest BCUT2D eigenvalue weighted by Crippen LogP contribution is -2.60. The van der Waals surface area contributed by atoms with E-state index in [0.717, 1.165) is 31.2 Å². The second kappa shape index (κ2) is 9.20. The molecule has 0 saturated heterocycles. The van der Waals surface area contributed by atoms with E-state index >= 15 is 0 Å². The normalized spacial score (nSPS) is 19.0. The molecule has 0 aromatic heterocycles. The van der Waals surface area contributed by atoms with Gasteiger partial charge in [0.15, 0.2) is 11.5 Å². The predicted octanol–water partition coefficient (Wildman–Crippen LogP) is 3.84. The molecule has 2 aliphatic rings. The van der Waals surface area contributed by atoms with Crippen LogP contribution in [0.2, 0.25) is 0 Å². The standard InChI is InChI=1S/C25H30N2O5/c1-30-15-14-27-24(29)19-9-5-4-8-18(19)22(25(27)12-6-7-13-25)23(28)26-17-10-11-20(31-2)21(16-17)32-3/h4-5,8-11,16,22H,6-7,12-15H2,1-3H3,(H,26,28)/t22-/m1/s1. The van der Waals surface area contributed by atoms with Gasteiger partial charge in [0.25, 0.3) is 5.91 Å². The van der Waals surface area contributed by atoms with E-state index in [9.17, 15) is 9.59 Å². The summed E-state index contributed by atoms with van der Waals surface area (Å²) in [6.07, 6.45) is 3.56. The number of rotatable bonds is 7. The first-order chi connectivity index (χ1) is 15.6. The number of hydrogen-bond acceptors (Lipinski definition) is 5. The smallest absolute Gasteiger partial charge is 0.254 e. The van der Waals surface area contributed by atoms with Crippen molar-refractivity contribution < 1.29 is 23.8 Å². The Kier molecular flexibility index (Phi) is 6.37. The molecule has 170 valence electrons. The van der Waals surface area contributed by atoms with Gasteiger partial charge in [0.1, 0.15) is 0 Å². The van der Waals surface area contributed by atoms with E-state index in [4.69, 9.17) is 14.2 Å². The van der Waals surface area contributed by atoms with E-state index in [0.29, 0.717) is 35.9 Å². The lowest BCUT2D eigenvalue weighted by atomic mass is 9.71. The number of nitrogens with zero attached hydrogens (tertiary/aromatic N) is 1. The van der Waals surface area contributed by atoms with Crippen LogP contribution in [-0.2, 0) is 9.53 Å². The van der Waals surface area contributed by atoms with Crippen molar-refractivity contribution in [1.82, 2.24) is 4.90 Å². The minimum Gasteiger partial charge on any atom is -0.493 e. The largest absolute Gasteiger partial charge is 0.493 e. The second-order valence-corrected chi connectivity index (χ2v) is 8.34. The summed E-state index contributed by atoms with van der Waals surface area (Å²) in [7, 11) is 4.77. The van der Waals surface area contributed by atoms with E-state index in [1.807, 2.05) is 29.2 Å². The third kappa shape index (κ3) is 3.71. The predicted molar refractivity (Wildman–Crippen MR) is 121 cm³/mol. The van der Waals surface area contributed by atoms with Crippen molar-refractivity contribution in [2.75, 3.05) is 39.8 Å². The Bertz CT molecular complexity index is 1000. The van der Waals surface area contributed by atoms with Crippen LogP contribution in [0.4, 0.5) is 5.69 Å². The van der Waals surface area contributed by atoms with Crippen LogP contribution in [0.3, 0.4) is 0 Å². The van der Waals surface area contributed by atoms with E-state index in [2.05, 4.69) is 5.32 Å². The Morgan fingerprint density at radius 3 is 2.47 bits per heavy atom. The number of amides is 2. The van der Waals surface area contributed by atoms with Gasteiger partial charge in [-0.2, -0.15) is 0 Å². The average molecular weight is 439 g/mol. The van der Waals surface area contributed by atoms with Crippen LogP contribution in [0.5, 0.6) is 11.5 Å². The van der Waals surface area contributed by atoms with Gasteiger partial charge in [-0.3, -0.25) is 9.59 Å². The number of anilines is 1. The average Bonchev–Trinajstić information content (AvgIpc) is 3.28. The Hall–Kier alpha value is -3.06. The van der Waals surface area contributed by atoms with E-state index in [1.54, 1.807) is 39.5 Å². The van der Waals surface area contributed by atoms with Crippen molar-refractivity contribution in [3.05, 3.63) is 53.6 Å². The van der Waals surface area contributed by atoms with Crippen molar-refractivity contribution in [3.63, 3.8) is 0 Å². The van der Waals surface area contributed by atoms with E-state index in [1.165, 1.54) is 0 Å². The molecule has 2 aromatic carbocycles. The van der Waals surface area contributed by atoms with Crippen molar-refractivity contribution in [1.29, 1.82) is 0 Å². The quantitative estimate of drug-likeness (QED) is 0.711. The van der Waals surface area contributed by atoms with Crippen LogP contribution < -0.4 is 14.8 Å². The molecule has 0 radical (unpaired) electrons. The monoisotopic (exact) mass is 438 g/mol. The van der Waals surface area contributed by atoms with E-state index in [-0.39, 0.29) is 11.8 Å². The van der Waals surface area contributed by atoms with Crippen LogP contribution in [0.15, 0.2) is 42.5 Å². The van der Waals surface area contributed by atoms with Gasteiger partial charge in [0.2, 0.25) is 5.91 Å². The zero-order valence-corrected chi connectivity index (χ0v) is 18.8. The Morgan fingerprint density at radius 2 is 1.78 bits per heavy atom. The first-order valence-electron chi connectivity index (χ1n) is 11.0. The summed E-state index contributed by atoms with van der Waals surface area (Å²) in [4.78, 5) is 29.2. The summed E-state index contributed by atoms with van der Waals surface area (Å²) in [5.74, 6) is 0.527. The molecule has 0 bridgehead atoms. The SMILES string of the molecule is COCCN1C(=O)c2ccccc2[C@H](C(=O)Nc2ccc(OC)c(OC)c2)C12CCCC2. The molecule has 1 aliphatic carbocycles. The van der Waals surface area contributed by atoms with Gasteiger partial charge < -0.3 is 24.4 Å². The van der Waals surface area contributed by atoms with Crippen molar-refractivity contribution in [3.8, 4) is 11.5 Å². The fourth-order valence-corrected chi connectivity index (χ4v) is 5.30. The molecule has 1 aliphatic heterocycles. The molecule has 4 rings (SSSR count). The fraction of sp³-hybridized carbons (Fsp3) is 0.440. The summed E-state index contributed by atoms with van der Waals surface area (Å²) in [6.45, 7) is 0.892. The highest BCUT2D eigenvalue weighted by Gasteiger charge is 2.55. The molecule has 1 atom stereocenters. The maximum Gasteiger partial charge on any atom is 0.254 e. The molecule has 32 heavy (non-hydrogen) atoms. The highest BCUT2D eigenvalue weighted by Crippen LogP contribution is 2.50. The number of hydrogen-bond donors (Lipinski definition) is 1. The van der Waals surface area contributed by atoms with Gasteiger partial charge in [-0.15, -0.1) is 0 Å². The Labute approximate surface area is 188 Å². The molecule has 2 amide bonds. The second-order valence-electron chi connectivity index (χ2n) is 8.34. The first-order valence-corrected chi connectivity index (χ1v) is 11.0. The highest BCUT2D eigenvalue weighted by molar-refractivity contribution is 6.05. The molecule has 1 heterocycles. The number of carbonyl (C=O) groups is 2. The van der Waals surface area contributed by atoms with Gasteiger partial charge >= 0.3 is 0 Å². The molecule has 7 nitrogen and oxygen atoms in total. The zero-order chi connectivity index (χ0) is 22.7. The van der Waals surface area contributed by atoms with Gasteiger partial charge in [-0.1, -0.05) is 31.0 Å². The summed E-state index contributed by atoms with van der Waals surface area (Å²) in [6, 6.07) is 12.8. The van der Waals surface area contributed by atoms with Crippen molar-refractivity contribution in [2.45, 2.75) is 37.1 Å². The number of nitrogens with one attached hydrogen (secondary N) is 1. The Morgan fingerprint density at radius 1 is 1.06 bits per heavy atom. The highest BCUT2D eigenvalue weighted by atomic mass is 16.5. The fourth-order valence-electron chi connectivity index (χ4n) is 5.30. The Balaban J connectivity index is 1.75. The molecular formula is C25H30N2O5. The minimum atomic E-state index is -0.551. The summed E-state index contributed by atoms with van der Waals surface area (Å²) < 4.78 is 16.0. The topological polar surface area (TPSA) is 77.1 Å². The number of benzene rings is 2. The third-order valence-electron chi connectivity index (χ3n) is 6.72. The zero-order valence-electron chi connectivity index (χ0n) is 18.8. The lowest BCUT2D eigenvalue weighted by Gasteiger charge is -2.50. The molecule has 1 N–H and O–H groups in total. The number of ether oxygens (including phenoxy) is 3. The molecule has 1 saturated carbocycles. The van der Waals surface area contributed by atoms with Gasteiger partial charge in [0, 0.05) is 31.0 Å². The van der Waals surface area contributed by atoms with Crippen LogP contribution in [-0.4, -0.2) is 56.7 Å². The number of methoxy groups -OCH3 is 3. The van der Waals surface area contributed by atoms with E-state index < -0.39 is 11.5 Å². The molecule has 1 fully saturated rings. The van der Waals surface area contributed by atoms with Gasteiger partial charge in [-0.25, -0.2) is 0 Å². The number of fused-ring (bicyclic) bond motifs is 1.